The third-order valence-electron chi connectivity index (χ3n) is 2.56. The number of hydrogen-bond acceptors (Lipinski definition) is 4. The topological polar surface area (TPSA) is 48.4 Å². The normalized spacial score (nSPS) is 10.6. The largest absolute Gasteiger partial charge is 0.493 e. The maximum Gasteiger partial charge on any atom is 0.119 e. The Morgan fingerprint density at radius 2 is 2.22 bits per heavy atom. The van der Waals surface area contributed by atoms with E-state index in [4.69, 9.17) is 14.9 Å². The van der Waals surface area contributed by atoms with Crippen LogP contribution in [0.1, 0.15) is 11.3 Å². The summed E-state index contributed by atoms with van der Waals surface area (Å²) in [7, 11) is 0. The van der Waals surface area contributed by atoms with Gasteiger partial charge in [0.2, 0.25) is 0 Å². The molecular formula is C14H17NO2S. The minimum Gasteiger partial charge on any atom is -0.493 e. The molecule has 0 aliphatic rings. The van der Waals surface area contributed by atoms with E-state index < -0.39 is 0 Å². The van der Waals surface area contributed by atoms with Gasteiger partial charge in [0, 0.05) is 17.2 Å². The lowest BCUT2D eigenvalue weighted by atomic mass is 10.2. The summed E-state index contributed by atoms with van der Waals surface area (Å²) in [6.45, 7) is 3.18. The molecule has 18 heavy (non-hydrogen) atoms. The van der Waals surface area contributed by atoms with Crippen LogP contribution >= 0.6 is 11.8 Å². The molecule has 2 rings (SSSR count). The van der Waals surface area contributed by atoms with Gasteiger partial charge in [0.25, 0.3) is 0 Å². The van der Waals surface area contributed by atoms with Crippen LogP contribution in [0.25, 0.3) is 0 Å². The van der Waals surface area contributed by atoms with Crippen LogP contribution in [0.3, 0.4) is 0 Å². The van der Waals surface area contributed by atoms with Crippen molar-refractivity contribution in [3.63, 3.8) is 0 Å². The molecule has 0 amide bonds. The molecule has 0 atom stereocenters. The van der Waals surface area contributed by atoms with E-state index in [0.717, 1.165) is 22.8 Å². The van der Waals surface area contributed by atoms with Crippen LogP contribution < -0.4 is 10.5 Å². The summed E-state index contributed by atoms with van der Waals surface area (Å²) in [5, 5.41) is 0. The van der Waals surface area contributed by atoms with Crippen LogP contribution in [0, 0.1) is 6.92 Å². The van der Waals surface area contributed by atoms with E-state index in [9.17, 15) is 0 Å². The summed E-state index contributed by atoms with van der Waals surface area (Å²) in [5.74, 6) is 2.74. The molecule has 0 spiro atoms. The number of ether oxygens (including phenoxy) is 1. The predicted octanol–water partition coefficient (Wildman–Crippen LogP) is 3.22. The van der Waals surface area contributed by atoms with Crippen LogP contribution in [0.5, 0.6) is 5.75 Å². The van der Waals surface area contributed by atoms with Crippen molar-refractivity contribution in [3.05, 3.63) is 47.9 Å². The van der Waals surface area contributed by atoms with E-state index in [1.165, 1.54) is 4.90 Å². The molecule has 96 valence electrons. The molecule has 0 unspecified atom stereocenters. The Morgan fingerprint density at radius 3 is 2.94 bits per heavy atom. The molecule has 2 N–H and O–H groups in total. The number of thioether (sulfide) groups is 1. The van der Waals surface area contributed by atoms with Crippen molar-refractivity contribution in [1.82, 2.24) is 0 Å². The van der Waals surface area contributed by atoms with Crippen LogP contribution in [0.15, 0.2) is 45.9 Å². The number of benzene rings is 1. The zero-order chi connectivity index (χ0) is 12.8. The lowest BCUT2D eigenvalue weighted by molar-refractivity contribution is 0.343. The van der Waals surface area contributed by atoms with Crippen LogP contribution in [0.2, 0.25) is 0 Å². The Kier molecular flexibility index (Phi) is 4.73. The summed E-state index contributed by atoms with van der Waals surface area (Å²) < 4.78 is 10.9. The highest BCUT2D eigenvalue weighted by Crippen LogP contribution is 2.23. The third-order valence-corrected chi connectivity index (χ3v) is 3.66. The second-order valence-corrected chi connectivity index (χ2v) is 5.03. The zero-order valence-electron chi connectivity index (χ0n) is 10.4. The Labute approximate surface area is 111 Å². The van der Waals surface area contributed by atoms with Gasteiger partial charge in [-0.15, -0.1) is 11.8 Å². The van der Waals surface area contributed by atoms with Gasteiger partial charge < -0.3 is 14.9 Å². The van der Waals surface area contributed by atoms with Gasteiger partial charge in [0.1, 0.15) is 11.5 Å². The molecule has 0 aliphatic carbocycles. The van der Waals surface area contributed by atoms with Crippen molar-refractivity contribution in [1.29, 1.82) is 0 Å². The molecule has 1 aromatic carbocycles. The van der Waals surface area contributed by atoms with Gasteiger partial charge in [-0.25, -0.2) is 0 Å². The zero-order valence-corrected chi connectivity index (χ0v) is 11.2. The molecule has 2 aromatic rings. The van der Waals surface area contributed by atoms with Crippen molar-refractivity contribution in [2.24, 2.45) is 5.73 Å². The smallest absolute Gasteiger partial charge is 0.119 e. The maximum absolute atomic E-state index is 5.68. The van der Waals surface area contributed by atoms with Crippen molar-refractivity contribution in [2.75, 3.05) is 12.4 Å². The molecule has 0 saturated heterocycles. The van der Waals surface area contributed by atoms with Gasteiger partial charge in [-0.1, -0.05) is 12.1 Å². The SMILES string of the molecule is Cc1occc1SCCOc1cccc(CN)c1. The second-order valence-electron chi connectivity index (χ2n) is 3.89. The number of aryl methyl sites for hydroxylation is 1. The fourth-order valence-corrected chi connectivity index (χ4v) is 2.39. The number of rotatable bonds is 6. The number of furan rings is 1. The molecule has 0 saturated carbocycles. The van der Waals surface area contributed by atoms with Crippen LogP contribution in [-0.2, 0) is 6.54 Å². The van der Waals surface area contributed by atoms with E-state index in [1.54, 1.807) is 18.0 Å². The molecule has 0 bridgehead atoms. The minimum atomic E-state index is 0.542. The molecule has 0 radical (unpaired) electrons. The first-order valence-corrected chi connectivity index (χ1v) is 6.87. The quantitative estimate of drug-likeness (QED) is 0.642. The minimum absolute atomic E-state index is 0.542. The highest BCUT2D eigenvalue weighted by molar-refractivity contribution is 7.99. The maximum atomic E-state index is 5.68. The third kappa shape index (κ3) is 3.55. The summed E-state index contributed by atoms with van der Waals surface area (Å²) in [6, 6.07) is 9.87. The van der Waals surface area contributed by atoms with E-state index in [0.29, 0.717) is 13.2 Å². The van der Waals surface area contributed by atoms with Crippen molar-refractivity contribution >= 4 is 11.8 Å². The van der Waals surface area contributed by atoms with Crippen molar-refractivity contribution in [3.8, 4) is 5.75 Å². The molecule has 1 heterocycles. The fourth-order valence-electron chi connectivity index (χ4n) is 1.60. The Morgan fingerprint density at radius 1 is 1.33 bits per heavy atom. The molecule has 3 nitrogen and oxygen atoms in total. The van der Waals surface area contributed by atoms with Crippen LogP contribution in [-0.4, -0.2) is 12.4 Å². The summed E-state index contributed by atoms with van der Waals surface area (Å²) >= 11 is 1.74. The number of hydrogen-bond donors (Lipinski definition) is 1. The Hall–Kier alpha value is -1.39. The lowest BCUT2D eigenvalue weighted by Gasteiger charge is -2.07. The first kappa shape index (κ1) is 13.1. The van der Waals surface area contributed by atoms with Gasteiger partial charge in [-0.05, 0) is 30.7 Å². The van der Waals surface area contributed by atoms with Gasteiger partial charge in [0.05, 0.1) is 12.9 Å². The summed E-state index contributed by atoms with van der Waals surface area (Å²) in [4.78, 5) is 1.18. The molecule has 0 aliphatic heterocycles. The fraction of sp³-hybridized carbons (Fsp3) is 0.286. The second kappa shape index (κ2) is 6.52. The van der Waals surface area contributed by atoms with E-state index in [1.807, 2.05) is 37.3 Å². The summed E-state index contributed by atoms with van der Waals surface area (Å²) in [5.41, 5.74) is 6.67. The average Bonchev–Trinajstić information content (AvgIpc) is 2.81. The molecule has 4 heteroatoms. The number of nitrogens with two attached hydrogens (primary N) is 1. The van der Waals surface area contributed by atoms with Crippen LogP contribution in [0.4, 0.5) is 0 Å². The van der Waals surface area contributed by atoms with Gasteiger partial charge in [-0.3, -0.25) is 0 Å². The standard InChI is InChI=1S/C14H17NO2S/c1-11-14(5-6-16-11)18-8-7-17-13-4-2-3-12(9-13)10-15/h2-6,9H,7-8,10,15H2,1H3. The Balaban J connectivity index is 1.76. The van der Waals surface area contributed by atoms with Gasteiger partial charge >= 0.3 is 0 Å². The molecule has 1 aromatic heterocycles. The van der Waals surface area contributed by atoms with Gasteiger partial charge in [0.15, 0.2) is 0 Å². The predicted molar refractivity (Wildman–Crippen MR) is 74.0 cm³/mol. The van der Waals surface area contributed by atoms with Crippen molar-refractivity contribution in [2.45, 2.75) is 18.4 Å². The van der Waals surface area contributed by atoms with E-state index in [-0.39, 0.29) is 0 Å². The monoisotopic (exact) mass is 263 g/mol. The molecular weight excluding hydrogens is 246 g/mol. The van der Waals surface area contributed by atoms with Gasteiger partial charge in [-0.2, -0.15) is 0 Å². The van der Waals surface area contributed by atoms with Crippen molar-refractivity contribution < 1.29 is 9.15 Å². The first-order valence-electron chi connectivity index (χ1n) is 5.88. The molecule has 0 fully saturated rings. The van der Waals surface area contributed by atoms with E-state index in [2.05, 4.69) is 0 Å². The lowest BCUT2D eigenvalue weighted by Crippen LogP contribution is -2.01. The summed E-state index contributed by atoms with van der Waals surface area (Å²) in [6.07, 6.45) is 1.71. The highest BCUT2D eigenvalue weighted by Gasteiger charge is 2.02. The first-order chi connectivity index (χ1) is 8.79. The Bertz CT molecular complexity index is 496. The highest BCUT2D eigenvalue weighted by atomic mass is 32.2. The average molecular weight is 263 g/mol. The van der Waals surface area contributed by atoms with E-state index >= 15 is 0 Å².